The summed E-state index contributed by atoms with van der Waals surface area (Å²) in [6.45, 7) is 8.33. The van der Waals surface area contributed by atoms with E-state index in [9.17, 15) is 9.59 Å². The maximum atomic E-state index is 12.1. The fourth-order valence-corrected chi connectivity index (χ4v) is 2.49. The van der Waals surface area contributed by atoms with Crippen molar-refractivity contribution in [2.45, 2.75) is 20.4 Å². The lowest BCUT2D eigenvalue weighted by atomic mass is 10.2. The normalized spacial score (nSPS) is 15.7. The Labute approximate surface area is 130 Å². The molecule has 0 aromatic carbocycles. The van der Waals surface area contributed by atoms with E-state index in [1.165, 1.54) is 7.11 Å². The first-order chi connectivity index (χ1) is 10.5. The predicted octanol–water partition coefficient (Wildman–Crippen LogP) is 1.22. The van der Waals surface area contributed by atoms with E-state index in [1.807, 2.05) is 0 Å². The number of furan rings is 1. The summed E-state index contributed by atoms with van der Waals surface area (Å²) < 4.78 is 10.1. The number of aryl methyl sites for hydroxylation is 1. The highest BCUT2D eigenvalue weighted by Crippen LogP contribution is 2.15. The number of hydrogen-bond donors (Lipinski definition) is 1. The van der Waals surface area contributed by atoms with Crippen molar-refractivity contribution in [1.82, 2.24) is 15.1 Å². The number of nitrogens with one attached hydrogen (secondary N) is 1. The summed E-state index contributed by atoms with van der Waals surface area (Å²) >= 11 is 0. The fourth-order valence-electron chi connectivity index (χ4n) is 2.49. The van der Waals surface area contributed by atoms with Crippen molar-refractivity contribution in [3.05, 3.63) is 23.2 Å². The second kappa shape index (κ2) is 7.31. The molecule has 0 aliphatic carbocycles. The van der Waals surface area contributed by atoms with Crippen LogP contribution < -0.4 is 5.32 Å². The molecule has 1 N–H and O–H groups in total. The van der Waals surface area contributed by atoms with Crippen molar-refractivity contribution in [1.29, 1.82) is 0 Å². The van der Waals surface area contributed by atoms with Gasteiger partial charge in [-0.05, 0) is 19.5 Å². The van der Waals surface area contributed by atoms with Crippen molar-refractivity contribution < 1.29 is 18.7 Å². The van der Waals surface area contributed by atoms with Gasteiger partial charge in [-0.15, -0.1) is 0 Å². The molecule has 0 atom stereocenters. The lowest BCUT2D eigenvalue weighted by molar-refractivity contribution is 0.0598. The van der Waals surface area contributed by atoms with Crippen LogP contribution >= 0.6 is 0 Å². The van der Waals surface area contributed by atoms with Gasteiger partial charge in [-0.2, -0.15) is 0 Å². The Bertz CT molecular complexity index is 533. The molecule has 0 radical (unpaired) electrons. The molecule has 0 saturated carbocycles. The Morgan fingerprint density at radius 3 is 2.59 bits per heavy atom. The Hall–Kier alpha value is -2.02. The van der Waals surface area contributed by atoms with Gasteiger partial charge in [0.2, 0.25) is 0 Å². The highest BCUT2D eigenvalue weighted by atomic mass is 16.5. The highest BCUT2D eigenvalue weighted by Gasteiger charge is 2.21. The summed E-state index contributed by atoms with van der Waals surface area (Å²) in [4.78, 5) is 27.7. The average Bonchev–Trinajstić information content (AvgIpc) is 2.92. The third-order valence-corrected chi connectivity index (χ3v) is 3.89. The van der Waals surface area contributed by atoms with E-state index in [2.05, 4.69) is 21.9 Å². The molecule has 0 spiro atoms. The molecule has 1 aromatic heterocycles. The van der Waals surface area contributed by atoms with Gasteiger partial charge in [0, 0.05) is 26.2 Å². The van der Waals surface area contributed by atoms with Crippen LogP contribution in [0.4, 0.5) is 4.79 Å². The number of piperazine rings is 1. The monoisotopic (exact) mass is 309 g/mol. The van der Waals surface area contributed by atoms with E-state index in [1.54, 1.807) is 17.9 Å². The standard InChI is InChI=1S/C15H23N3O4/c1-4-17-5-7-18(8-6-17)15(20)16-10-12-9-13(11(2)22-12)14(19)21-3/h9H,4-8,10H2,1-3H3,(H,16,20). The second-order valence-corrected chi connectivity index (χ2v) is 5.25. The van der Waals surface area contributed by atoms with Crippen molar-refractivity contribution >= 4 is 12.0 Å². The molecule has 2 amide bonds. The first kappa shape index (κ1) is 16.4. The van der Waals surface area contributed by atoms with E-state index in [4.69, 9.17) is 4.42 Å². The third-order valence-electron chi connectivity index (χ3n) is 3.89. The number of carbonyl (C=O) groups is 2. The van der Waals surface area contributed by atoms with Gasteiger partial charge in [0.1, 0.15) is 17.1 Å². The van der Waals surface area contributed by atoms with Gasteiger partial charge in [0.15, 0.2) is 0 Å². The minimum atomic E-state index is -0.436. The average molecular weight is 309 g/mol. The maximum absolute atomic E-state index is 12.1. The van der Waals surface area contributed by atoms with Gasteiger partial charge in [-0.1, -0.05) is 6.92 Å². The fraction of sp³-hybridized carbons (Fsp3) is 0.600. The van der Waals surface area contributed by atoms with Gasteiger partial charge in [-0.25, -0.2) is 9.59 Å². The summed E-state index contributed by atoms with van der Waals surface area (Å²) in [7, 11) is 1.33. The van der Waals surface area contributed by atoms with Crippen molar-refractivity contribution in [2.75, 3.05) is 39.8 Å². The molecule has 7 heteroatoms. The van der Waals surface area contributed by atoms with Crippen molar-refractivity contribution in [3.63, 3.8) is 0 Å². The summed E-state index contributed by atoms with van der Waals surface area (Å²) in [6, 6.07) is 1.50. The number of ether oxygens (including phenoxy) is 1. The Balaban J connectivity index is 1.85. The molecule has 2 heterocycles. The number of hydrogen-bond acceptors (Lipinski definition) is 5. The number of esters is 1. The van der Waals surface area contributed by atoms with E-state index in [-0.39, 0.29) is 12.6 Å². The molecule has 1 saturated heterocycles. The van der Waals surface area contributed by atoms with Crippen LogP contribution in [0.1, 0.15) is 28.8 Å². The van der Waals surface area contributed by atoms with Crippen LogP contribution in [0.15, 0.2) is 10.5 Å². The van der Waals surface area contributed by atoms with Crippen LogP contribution in [0.3, 0.4) is 0 Å². The van der Waals surface area contributed by atoms with Crippen LogP contribution in [0, 0.1) is 6.92 Å². The SMILES string of the molecule is CCN1CCN(C(=O)NCc2cc(C(=O)OC)c(C)o2)CC1. The first-order valence-corrected chi connectivity index (χ1v) is 7.48. The van der Waals surface area contributed by atoms with E-state index in [0.717, 1.165) is 32.7 Å². The van der Waals surface area contributed by atoms with Crippen molar-refractivity contribution in [3.8, 4) is 0 Å². The summed E-state index contributed by atoms with van der Waals surface area (Å²) in [5.41, 5.74) is 0.392. The lowest BCUT2D eigenvalue weighted by Gasteiger charge is -2.33. The lowest BCUT2D eigenvalue weighted by Crippen LogP contribution is -2.51. The molecular weight excluding hydrogens is 286 g/mol. The summed E-state index contributed by atoms with van der Waals surface area (Å²) in [5, 5.41) is 2.82. The molecule has 0 bridgehead atoms. The van der Waals surface area contributed by atoms with Crippen LogP contribution in [0.25, 0.3) is 0 Å². The van der Waals surface area contributed by atoms with Crippen LogP contribution in [0.2, 0.25) is 0 Å². The topological polar surface area (TPSA) is 75.0 Å². The predicted molar refractivity (Wildman–Crippen MR) is 80.7 cm³/mol. The highest BCUT2D eigenvalue weighted by molar-refractivity contribution is 5.90. The van der Waals surface area contributed by atoms with Gasteiger partial charge in [-0.3, -0.25) is 0 Å². The van der Waals surface area contributed by atoms with E-state index < -0.39 is 5.97 Å². The minimum Gasteiger partial charge on any atom is -0.465 e. The summed E-state index contributed by atoms with van der Waals surface area (Å²) in [6.07, 6.45) is 0. The molecule has 0 unspecified atom stereocenters. The molecule has 7 nitrogen and oxygen atoms in total. The molecule has 1 aliphatic rings. The number of methoxy groups -OCH3 is 1. The Morgan fingerprint density at radius 2 is 2.00 bits per heavy atom. The maximum Gasteiger partial charge on any atom is 0.341 e. The van der Waals surface area contributed by atoms with Gasteiger partial charge in [0.05, 0.1) is 13.7 Å². The number of amides is 2. The minimum absolute atomic E-state index is 0.107. The molecular formula is C15H23N3O4. The molecule has 1 aromatic rings. The molecule has 1 aliphatic heterocycles. The van der Waals surface area contributed by atoms with E-state index in [0.29, 0.717) is 17.1 Å². The number of urea groups is 1. The Morgan fingerprint density at radius 1 is 1.32 bits per heavy atom. The van der Waals surface area contributed by atoms with Crippen LogP contribution in [-0.4, -0.2) is 61.6 Å². The number of carbonyl (C=O) groups excluding carboxylic acids is 2. The third kappa shape index (κ3) is 3.79. The number of likely N-dealkylation sites (N-methyl/N-ethyl adjacent to an activating group) is 1. The van der Waals surface area contributed by atoms with Crippen LogP contribution in [0.5, 0.6) is 0 Å². The molecule has 2 rings (SSSR count). The molecule has 1 fully saturated rings. The quantitative estimate of drug-likeness (QED) is 0.847. The second-order valence-electron chi connectivity index (χ2n) is 5.25. The summed E-state index contributed by atoms with van der Waals surface area (Å²) in [5.74, 6) is 0.598. The van der Waals surface area contributed by atoms with Gasteiger partial charge < -0.3 is 24.3 Å². The Kier molecular flexibility index (Phi) is 5.43. The van der Waals surface area contributed by atoms with Crippen LogP contribution in [-0.2, 0) is 11.3 Å². The largest absolute Gasteiger partial charge is 0.465 e. The zero-order valence-corrected chi connectivity index (χ0v) is 13.3. The van der Waals surface area contributed by atoms with Gasteiger partial charge >= 0.3 is 12.0 Å². The number of rotatable bonds is 4. The zero-order valence-electron chi connectivity index (χ0n) is 13.3. The number of nitrogens with zero attached hydrogens (tertiary/aromatic N) is 2. The smallest absolute Gasteiger partial charge is 0.341 e. The van der Waals surface area contributed by atoms with E-state index >= 15 is 0 Å². The van der Waals surface area contributed by atoms with Crippen molar-refractivity contribution in [2.24, 2.45) is 0 Å². The zero-order chi connectivity index (χ0) is 16.1. The first-order valence-electron chi connectivity index (χ1n) is 7.48. The molecule has 122 valence electrons. The molecule has 22 heavy (non-hydrogen) atoms. The van der Waals surface area contributed by atoms with Gasteiger partial charge in [0.25, 0.3) is 0 Å².